The molecule has 0 bridgehead atoms. The van der Waals surface area contributed by atoms with Gasteiger partial charge in [-0.05, 0) is 36.7 Å². The second kappa shape index (κ2) is 18.2. The minimum atomic E-state index is -4.05. The first kappa shape index (κ1) is 40.0. The van der Waals surface area contributed by atoms with Crippen LogP contribution in [0.25, 0.3) is 0 Å². The molecule has 1 amide bonds. The van der Waals surface area contributed by atoms with Crippen molar-refractivity contribution >= 4 is 31.7 Å². The third-order valence-electron chi connectivity index (χ3n) is 7.33. The second-order valence-electron chi connectivity index (χ2n) is 12.4. The Balaban J connectivity index is 3.44. The summed E-state index contributed by atoms with van der Waals surface area (Å²) in [5.41, 5.74) is 4.45. The number of sulfone groups is 1. The van der Waals surface area contributed by atoms with Crippen molar-refractivity contribution in [2.75, 3.05) is 24.6 Å². The molecule has 0 radical (unpaired) electrons. The number of amides is 1. The highest BCUT2D eigenvalue weighted by molar-refractivity contribution is 7.92. The highest BCUT2D eigenvalue weighted by Crippen LogP contribution is 2.22. The van der Waals surface area contributed by atoms with Gasteiger partial charge in [-0.3, -0.25) is 4.79 Å². The molecule has 1 aromatic rings. The highest BCUT2D eigenvalue weighted by Gasteiger charge is 2.50. The normalized spacial score (nSPS) is 15.4. The molecule has 13 heteroatoms. The van der Waals surface area contributed by atoms with E-state index in [1.165, 1.54) is 0 Å². The van der Waals surface area contributed by atoms with Crippen LogP contribution < -0.4 is 11.1 Å². The van der Waals surface area contributed by atoms with Gasteiger partial charge in [-0.25, -0.2) is 21.6 Å². The molecular weight excluding hydrogens is 606 g/mol. The lowest BCUT2D eigenvalue weighted by Crippen LogP contribution is -2.67. The quantitative estimate of drug-likeness (QED) is 0.132. The number of hydrogen-bond donors (Lipinski definition) is 3. The molecule has 1 rings (SSSR count). The van der Waals surface area contributed by atoms with Crippen molar-refractivity contribution in [1.29, 1.82) is 0 Å². The molecule has 0 aliphatic rings. The van der Waals surface area contributed by atoms with Crippen LogP contribution in [0.3, 0.4) is 0 Å². The van der Waals surface area contributed by atoms with E-state index in [-0.39, 0.29) is 43.7 Å². The number of aliphatic hydroxyl groups excluding tert-OH is 1. The smallest absolute Gasteiger partial charge is 0.337 e. The first-order valence-corrected chi connectivity index (χ1v) is 18.9. The van der Waals surface area contributed by atoms with Crippen LogP contribution in [0.2, 0.25) is 0 Å². The van der Waals surface area contributed by atoms with Gasteiger partial charge in [-0.1, -0.05) is 91.6 Å². The van der Waals surface area contributed by atoms with Gasteiger partial charge in [-0.2, -0.15) is 4.31 Å². The van der Waals surface area contributed by atoms with Crippen molar-refractivity contribution in [2.24, 2.45) is 17.6 Å². The van der Waals surface area contributed by atoms with E-state index in [4.69, 9.17) is 10.5 Å². The number of aliphatic hydroxyl groups is 1. The van der Waals surface area contributed by atoms with E-state index in [1.807, 2.05) is 27.7 Å². The van der Waals surface area contributed by atoms with Crippen LogP contribution in [0, 0.1) is 11.8 Å². The summed E-state index contributed by atoms with van der Waals surface area (Å²) >= 11 is 0. The van der Waals surface area contributed by atoms with E-state index < -0.39 is 60.4 Å². The fourth-order valence-corrected chi connectivity index (χ4v) is 9.21. The largest absolute Gasteiger partial charge is 0.459 e. The second-order valence-corrected chi connectivity index (χ2v) is 16.7. The van der Waals surface area contributed by atoms with Crippen molar-refractivity contribution in [3.05, 3.63) is 35.9 Å². The molecule has 3 atom stereocenters. The van der Waals surface area contributed by atoms with Crippen LogP contribution in [0.15, 0.2) is 30.3 Å². The fourth-order valence-electron chi connectivity index (χ4n) is 5.07. The Kier molecular flexibility index (Phi) is 16.5. The SMILES string of the molecule is CCCC(CCC)S(=O)(=O)CC(N)(C(=O)N[C@@H](CC(C)C)[C@H](O)CN(CC)S(=O)(=O)CC(C)C)C(=O)OCc1ccccc1. The number of esters is 1. The highest BCUT2D eigenvalue weighted by atomic mass is 32.2. The molecule has 44 heavy (non-hydrogen) atoms. The van der Waals surface area contributed by atoms with Gasteiger partial charge in [0, 0.05) is 13.1 Å². The number of sulfonamides is 1. The van der Waals surface area contributed by atoms with E-state index in [1.54, 1.807) is 51.1 Å². The monoisotopic (exact) mass is 661 g/mol. The molecule has 0 saturated carbocycles. The predicted molar refractivity (Wildman–Crippen MR) is 174 cm³/mol. The Morgan fingerprint density at radius 1 is 0.977 bits per heavy atom. The van der Waals surface area contributed by atoms with E-state index in [0.29, 0.717) is 31.2 Å². The van der Waals surface area contributed by atoms with E-state index >= 15 is 0 Å². The fraction of sp³-hybridized carbons (Fsp3) is 0.742. The van der Waals surface area contributed by atoms with Gasteiger partial charge in [0.15, 0.2) is 9.84 Å². The summed E-state index contributed by atoms with van der Waals surface area (Å²) in [6.45, 7) is 12.2. The molecule has 0 aliphatic heterocycles. The average molecular weight is 662 g/mol. The van der Waals surface area contributed by atoms with Crippen LogP contribution in [-0.2, 0) is 40.8 Å². The zero-order valence-corrected chi connectivity index (χ0v) is 29.1. The maximum absolute atomic E-state index is 13.9. The minimum Gasteiger partial charge on any atom is -0.459 e. The number of benzene rings is 1. The standard InChI is InChI=1S/C31H55N3O8S2/c1-8-14-26(15-9-2)43(38,39)22-31(32,30(37)42-20-25-16-12-11-13-17-25)29(36)33-27(18-23(4)5)28(35)19-34(10-3)44(40,41)21-24(6)7/h11-13,16-17,23-24,26-28,35H,8-10,14-15,18-22,32H2,1-7H3,(H,33,36)/t27-,28+,31?/m0/s1. The van der Waals surface area contributed by atoms with Crippen molar-refractivity contribution in [3.63, 3.8) is 0 Å². The molecule has 0 aromatic heterocycles. The average Bonchev–Trinajstić information content (AvgIpc) is 2.93. The lowest BCUT2D eigenvalue weighted by Gasteiger charge is -2.33. The lowest BCUT2D eigenvalue weighted by molar-refractivity contribution is -0.155. The van der Waals surface area contributed by atoms with E-state index in [9.17, 15) is 31.5 Å². The Labute approximate surface area is 265 Å². The van der Waals surface area contributed by atoms with Gasteiger partial charge in [0.25, 0.3) is 5.91 Å². The third-order valence-corrected chi connectivity index (χ3v) is 12.0. The van der Waals surface area contributed by atoms with Crippen LogP contribution >= 0.6 is 0 Å². The Morgan fingerprint density at radius 2 is 1.55 bits per heavy atom. The zero-order valence-electron chi connectivity index (χ0n) is 27.5. The molecule has 11 nitrogen and oxygen atoms in total. The number of likely N-dealkylation sites (N-methyl/N-ethyl adjacent to an activating group) is 1. The molecule has 0 aliphatic carbocycles. The summed E-state index contributed by atoms with van der Waals surface area (Å²) in [5.74, 6) is -3.59. The van der Waals surface area contributed by atoms with Crippen LogP contribution in [0.5, 0.6) is 0 Å². The summed E-state index contributed by atoms with van der Waals surface area (Å²) in [4.78, 5) is 27.4. The Bertz CT molecular complexity index is 1230. The Hall–Kier alpha value is -2.06. The topological polar surface area (TPSA) is 173 Å². The first-order chi connectivity index (χ1) is 20.4. The number of ether oxygens (including phenoxy) is 1. The zero-order chi connectivity index (χ0) is 33.7. The lowest BCUT2D eigenvalue weighted by atomic mass is 9.96. The maximum atomic E-state index is 13.9. The van der Waals surface area contributed by atoms with Crippen LogP contribution in [-0.4, -0.2) is 85.7 Å². The molecule has 254 valence electrons. The molecule has 0 fully saturated rings. The van der Waals surface area contributed by atoms with Crippen LogP contribution in [0.1, 0.15) is 86.1 Å². The van der Waals surface area contributed by atoms with Crippen molar-refractivity contribution < 1.29 is 36.3 Å². The number of carbonyl (C=O) groups excluding carboxylic acids is 2. The van der Waals surface area contributed by atoms with Gasteiger partial charge in [0.1, 0.15) is 6.61 Å². The molecular formula is C31H55N3O8S2. The minimum absolute atomic E-state index is 0.0586. The maximum Gasteiger partial charge on any atom is 0.337 e. The number of nitrogens with two attached hydrogens (primary N) is 1. The first-order valence-electron chi connectivity index (χ1n) is 15.6. The van der Waals surface area contributed by atoms with E-state index in [2.05, 4.69) is 5.32 Å². The number of nitrogens with one attached hydrogen (secondary N) is 1. The van der Waals surface area contributed by atoms with Crippen molar-refractivity contribution in [3.8, 4) is 0 Å². The molecule has 0 heterocycles. The Morgan fingerprint density at radius 3 is 2.02 bits per heavy atom. The van der Waals surface area contributed by atoms with Crippen molar-refractivity contribution in [1.82, 2.24) is 9.62 Å². The van der Waals surface area contributed by atoms with E-state index in [0.717, 1.165) is 4.31 Å². The van der Waals surface area contributed by atoms with Gasteiger partial charge in [0.2, 0.25) is 15.6 Å². The van der Waals surface area contributed by atoms with Crippen molar-refractivity contribution in [2.45, 2.75) is 110 Å². The summed E-state index contributed by atoms with van der Waals surface area (Å²) in [5, 5.41) is 13.0. The molecule has 1 aromatic carbocycles. The predicted octanol–water partition coefficient (Wildman–Crippen LogP) is 3.01. The van der Waals surface area contributed by atoms with Gasteiger partial charge >= 0.3 is 5.97 Å². The van der Waals surface area contributed by atoms with Gasteiger partial charge < -0.3 is 20.9 Å². The molecule has 0 saturated heterocycles. The summed E-state index contributed by atoms with van der Waals surface area (Å²) in [6, 6.07) is 7.67. The number of nitrogens with zero attached hydrogens (tertiary/aromatic N) is 1. The van der Waals surface area contributed by atoms with Gasteiger partial charge in [0.05, 0.1) is 28.9 Å². The summed E-state index contributed by atoms with van der Waals surface area (Å²) in [7, 11) is -7.74. The number of rotatable bonds is 21. The molecule has 0 spiro atoms. The molecule has 4 N–H and O–H groups in total. The number of carbonyl (C=O) groups is 2. The summed E-state index contributed by atoms with van der Waals surface area (Å²) in [6.07, 6.45) is 0.714. The third kappa shape index (κ3) is 12.4. The van der Waals surface area contributed by atoms with Gasteiger partial charge in [-0.15, -0.1) is 0 Å². The summed E-state index contributed by atoms with van der Waals surface area (Å²) < 4.78 is 59.6. The molecule has 1 unspecified atom stereocenters. The van der Waals surface area contributed by atoms with Crippen LogP contribution in [0.4, 0.5) is 0 Å². The number of hydrogen-bond acceptors (Lipinski definition) is 9.